The van der Waals surface area contributed by atoms with Crippen molar-refractivity contribution in [2.24, 2.45) is 5.92 Å². The van der Waals surface area contributed by atoms with Crippen molar-refractivity contribution >= 4 is 0 Å². The van der Waals surface area contributed by atoms with Crippen LogP contribution in [0.1, 0.15) is 51.8 Å². The molecule has 0 radical (unpaired) electrons. The second-order valence-corrected chi connectivity index (χ2v) is 5.42. The summed E-state index contributed by atoms with van der Waals surface area (Å²) in [5.74, 6) is 0.933. The highest BCUT2D eigenvalue weighted by molar-refractivity contribution is 5.01. The molecule has 1 atom stereocenters. The highest BCUT2D eigenvalue weighted by Crippen LogP contribution is 2.34. The van der Waals surface area contributed by atoms with Gasteiger partial charge in [0.25, 0.3) is 0 Å². The zero-order chi connectivity index (χ0) is 12.3. The van der Waals surface area contributed by atoms with Crippen LogP contribution in [0.3, 0.4) is 0 Å². The monoisotopic (exact) mass is 235 g/mol. The molecular weight excluding hydrogens is 210 g/mol. The SMILES string of the molecule is CCNC(CCc1ccn(C(C)C)n1)C1CC1. The number of aromatic nitrogens is 2. The van der Waals surface area contributed by atoms with E-state index in [-0.39, 0.29) is 0 Å². The summed E-state index contributed by atoms with van der Waals surface area (Å²) in [5.41, 5.74) is 1.24. The minimum absolute atomic E-state index is 0.469. The molecule has 96 valence electrons. The molecule has 1 N–H and O–H groups in total. The van der Waals surface area contributed by atoms with E-state index in [4.69, 9.17) is 0 Å². The lowest BCUT2D eigenvalue weighted by molar-refractivity contribution is 0.441. The van der Waals surface area contributed by atoms with E-state index < -0.39 is 0 Å². The summed E-state index contributed by atoms with van der Waals surface area (Å²) in [6.45, 7) is 7.62. The molecule has 0 bridgehead atoms. The van der Waals surface area contributed by atoms with Gasteiger partial charge in [0.1, 0.15) is 0 Å². The zero-order valence-corrected chi connectivity index (χ0v) is 11.3. The summed E-state index contributed by atoms with van der Waals surface area (Å²) in [5, 5.41) is 8.22. The maximum atomic E-state index is 4.61. The molecule has 0 aliphatic heterocycles. The number of hydrogen-bond donors (Lipinski definition) is 1. The average Bonchev–Trinajstić information content (AvgIpc) is 3.02. The third-order valence-corrected chi connectivity index (χ3v) is 3.56. The smallest absolute Gasteiger partial charge is 0.0625 e. The number of hydrogen-bond acceptors (Lipinski definition) is 2. The van der Waals surface area contributed by atoms with Gasteiger partial charge in [-0.1, -0.05) is 6.92 Å². The van der Waals surface area contributed by atoms with Crippen molar-refractivity contribution in [1.82, 2.24) is 15.1 Å². The zero-order valence-electron chi connectivity index (χ0n) is 11.3. The standard InChI is InChI=1S/C14H25N3/c1-4-15-14(12-5-6-12)8-7-13-9-10-17(16-13)11(2)3/h9-12,14-15H,4-8H2,1-3H3. The van der Waals surface area contributed by atoms with E-state index in [2.05, 4.69) is 48.1 Å². The van der Waals surface area contributed by atoms with Crippen LogP contribution in [0.25, 0.3) is 0 Å². The van der Waals surface area contributed by atoms with E-state index in [0.717, 1.165) is 18.9 Å². The predicted molar refractivity (Wildman–Crippen MR) is 71.1 cm³/mol. The fourth-order valence-electron chi connectivity index (χ4n) is 2.37. The second-order valence-electron chi connectivity index (χ2n) is 5.42. The highest BCUT2D eigenvalue weighted by Gasteiger charge is 2.30. The van der Waals surface area contributed by atoms with Crippen molar-refractivity contribution in [3.05, 3.63) is 18.0 Å². The van der Waals surface area contributed by atoms with Crippen molar-refractivity contribution in [3.63, 3.8) is 0 Å². The van der Waals surface area contributed by atoms with Crippen LogP contribution in [0.15, 0.2) is 12.3 Å². The molecule has 1 aliphatic rings. The van der Waals surface area contributed by atoms with Crippen molar-refractivity contribution in [3.8, 4) is 0 Å². The molecule has 1 aromatic heterocycles. The van der Waals surface area contributed by atoms with Gasteiger partial charge in [0.05, 0.1) is 5.69 Å². The summed E-state index contributed by atoms with van der Waals surface area (Å²) in [7, 11) is 0. The average molecular weight is 235 g/mol. The fraction of sp³-hybridized carbons (Fsp3) is 0.786. The highest BCUT2D eigenvalue weighted by atomic mass is 15.3. The lowest BCUT2D eigenvalue weighted by Crippen LogP contribution is -2.31. The van der Waals surface area contributed by atoms with Crippen LogP contribution < -0.4 is 5.32 Å². The lowest BCUT2D eigenvalue weighted by atomic mass is 10.1. The van der Waals surface area contributed by atoms with Gasteiger partial charge in [0.2, 0.25) is 0 Å². The Morgan fingerprint density at radius 1 is 1.47 bits per heavy atom. The molecule has 1 unspecified atom stereocenters. The molecule has 3 nitrogen and oxygen atoms in total. The molecule has 1 saturated carbocycles. The third kappa shape index (κ3) is 3.56. The Morgan fingerprint density at radius 3 is 2.76 bits per heavy atom. The molecule has 0 amide bonds. The van der Waals surface area contributed by atoms with Crippen LogP contribution in [0.2, 0.25) is 0 Å². The Hall–Kier alpha value is -0.830. The molecule has 1 aliphatic carbocycles. The Morgan fingerprint density at radius 2 is 2.24 bits per heavy atom. The van der Waals surface area contributed by atoms with Crippen LogP contribution in [0.5, 0.6) is 0 Å². The number of nitrogens with one attached hydrogen (secondary N) is 1. The van der Waals surface area contributed by atoms with E-state index in [1.165, 1.54) is 25.0 Å². The summed E-state index contributed by atoms with van der Waals surface area (Å²) in [4.78, 5) is 0. The first-order valence-electron chi connectivity index (χ1n) is 6.98. The van der Waals surface area contributed by atoms with Crippen molar-refractivity contribution in [2.45, 2.75) is 58.5 Å². The van der Waals surface area contributed by atoms with Gasteiger partial charge in [-0.15, -0.1) is 0 Å². The van der Waals surface area contributed by atoms with Crippen LogP contribution in [-0.4, -0.2) is 22.4 Å². The van der Waals surface area contributed by atoms with Gasteiger partial charge in [0.15, 0.2) is 0 Å². The van der Waals surface area contributed by atoms with Gasteiger partial charge in [-0.05, 0) is 58.1 Å². The predicted octanol–water partition coefficient (Wildman–Crippen LogP) is 2.78. The number of rotatable bonds is 7. The van der Waals surface area contributed by atoms with E-state index in [1.54, 1.807) is 0 Å². The Kier molecular flexibility index (Phi) is 4.21. The molecule has 1 heterocycles. The third-order valence-electron chi connectivity index (χ3n) is 3.56. The first-order valence-corrected chi connectivity index (χ1v) is 6.98. The summed E-state index contributed by atoms with van der Waals surface area (Å²) in [6, 6.07) is 3.34. The minimum Gasteiger partial charge on any atom is -0.314 e. The van der Waals surface area contributed by atoms with Gasteiger partial charge in [0, 0.05) is 18.3 Å². The Balaban J connectivity index is 1.82. The molecular formula is C14H25N3. The second kappa shape index (κ2) is 5.67. The van der Waals surface area contributed by atoms with Gasteiger partial charge in [-0.2, -0.15) is 5.10 Å². The molecule has 1 fully saturated rings. The normalized spacial score (nSPS) is 17.6. The lowest BCUT2D eigenvalue weighted by Gasteiger charge is -2.16. The van der Waals surface area contributed by atoms with Gasteiger partial charge in [-0.3, -0.25) is 4.68 Å². The van der Waals surface area contributed by atoms with Gasteiger partial charge in [-0.25, -0.2) is 0 Å². The topological polar surface area (TPSA) is 29.9 Å². The van der Waals surface area contributed by atoms with E-state index in [9.17, 15) is 0 Å². The van der Waals surface area contributed by atoms with E-state index in [0.29, 0.717) is 12.1 Å². The van der Waals surface area contributed by atoms with Crippen LogP contribution >= 0.6 is 0 Å². The summed E-state index contributed by atoms with van der Waals surface area (Å²) in [6.07, 6.45) is 7.26. The number of aryl methyl sites for hydroxylation is 1. The minimum atomic E-state index is 0.469. The van der Waals surface area contributed by atoms with Crippen LogP contribution in [0.4, 0.5) is 0 Å². The van der Waals surface area contributed by atoms with E-state index >= 15 is 0 Å². The summed E-state index contributed by atoms with van der Waals surface area (Å²) < 4.78 is 2.05. The maximum absolute atomic E-state index is 4.61. The molecule has 0 saturated heterocycles. The van der Waals surface area contributed by atoms with Crippen molar-refractivity contribution < 1.29 is 0 Å². The molecule has 3 heteroatoms. The Labute approximate surface area is 105 Å². The molecule has 17 heavy (non-hydrogen) atoms. The quantitative estimate of drug-likeness (QED) is 0.787. The fourth-order valence-corrected chi connectivity index (χ4v) is 2.37. The molecule has 1 aromatic rings. The Bertz CT molecular complexity index is 339. The first kappa shape index (κ1) is 12.6. The summed E-state index contributed by atoms with van der Waals surface area (Å²) >= 11 is 0. The van der Waals surface area contributed by atoms with Crippen molar-refractivity contribution in [2.75, 3.05) is 6.54 Å². The first-order chi connectivity index (χ1) is 8.20. The molecule has 0 spiro atoms. The van der Waals surface area contributed by atoms with Crippen LogP contribution in [0, 0.1) is 5.92 Å². The van der Waals surface area contributed by atoms with Gasteiger partial charge >= 0.3 is 0 Å². The number of nitrogens with zero attached hydrogens (tertiary/aromatic N) is 2. The van der Waals surface area contributed by atoms with E-state index in [1.807, 2.05) is 0 Å². The largest absolute Gasteiger partial charge is 0.314 e. The van der Waals surface area contributed by atoms with Crippen LogP contribution in [-0.2, 0) is 6.42 Å². The molecule has 0 aromatic carbocycles. The maximum Gasteiger partial charge on any atom is 0.0625 e. The van der Waals surface area contributed by atoms with Crippen molar-refractivity contribution in [1.29, 1.82) is 0 Å². The van der Waals surface area contributed by atoms with Gasteiger partial charge < -0.3 is 5.32 Å². The molecule has 2 rings (SSSR count).